The van der Waals surface area contributed by atoms with Gasteiger partial charge >= 0.3 is 12.3 Å². The van der Waals surface area contributed by atoms with Gasteiger partial charge in [0.2, 0.25) is 0 Å². The van der Waals surface area contributed by atoms with Crippen molar-refractivity contribution in [1.29, 1.82) is 0 Å². The zero-order valence-electron chi connectivity index (χ0n) is 20.6. The Morgan fingerprint density at radius 3 is 2.22 bits per heavy atom. The molecule has 0 spiro atoms. The van der Waals surface area contributed by atoms with Gasteiger partial charge < -0.3 is 14.2 Å². The molecule has 3 rings (SSSR count). The number of hydrogen-bond donors (Lipinski definition) is 0. The fourth-order valence-electron chi connectivity index (χ4n) is 3.14. The number of rotatable bonds is 12. The van der Waals surface area contributed by atoms with E-state index in [0.717, 1.165) is 40.3 Å². The second-order valence-corrected chi connectivity index (χ2v) is 9.02. The molecule has 0 aliphatic heterocycles. The Labute approximate surface area is 218 Å². The molecule has 0 fully saturated rings. The van der Waals surface area contributed by atoms with Crippen LogP contribution in [0.2, 0.25) is 0 Å². The van der Waals surface area contributed by atoms with Crippen LogP contribution in [0.3, 0.4) is 0 Å². The average molecular weight is 535 g/mol. The van der Waals surface area contributed by atoms with Crippen LogP contribution < -0.4 is 9.47 Å². The molecule has 37 heavy (non-hydrogen) atoms. The normalized spacial score (nSPS) is 11.6. The minimum atomic E-state index is -4.37. The van der Waals surface area contributed by atoms with Gasteiger partial charge in [-0.25, -0.2) is 0 Å². The highest BCUT2D eigenvalue weighted by atomic mass is 32.2. The second-order valence-electron chi connectivity index (χ2n) is 7.92. The zero-order chi connectivity index (χ0) is 27.1. The Morgan fingerprint density at radius 1 is 0.946 bits per heavy atom. The summed E-state index contributed by atoms with van der Waals surface area (Å²) in [5, 5.41) is 0. The van der Waals surface area contributed by atoms with E-state index in [2.05, 4.69) is 13.0 Å². The minimum absolute atomic E-state index is 0.224. The molecule has 3 aromatic carbocycles. The van der Waals surface area contributed by atoms with Crippen molar-refractivity contribution in [3.05, 3.63) is 89.5 Å². The number of benzene rings is 3. The second kappa shape index (κ2) is 15.8. The highest BCUT2D eigenvalue weighted by Crippen LogP contribution is 2.31. The molecule has 0 heterocycles. The molecule has 0 saturated carbocycles. The van der Waals surface area contributed by atoms with Crippen molar-refractivity contribution < 1.29 is 37.0 Å². The fourth-order valence-corrected chi connectivity index (χ4v) is 4.13. The van der Waals surface area contributed by atoms with E-state index in [4.69, 9.17) is 23.8 Å². The average Bonchev–Trinajstić information content (AvgIpc) is 2.88. The molecular formula is C28H29F3O5S. The first kappa shape index (κ1) is 30.0. The van der Waals surface area contributed by atoms with Gasteiger partial charge in [-0.2, -0.15) is 22.8 Å². The van der Waals surface area contributed by atoms with Gasteiger partial charge in [0.1, 0.15) is 24.2 Å². The molecule has 0 saturated heterocycles. The van der Waals surface area contributed by atoms with E-state index in [1.807, 2.05) is 49.4 Å². The molecule has 0 bridgehead atoms. The van der Waals surface area contributed by atoms with E-state index in [1.165, 1.54) is 12.1 Å². The van der Waals surface area contributed by atoms with Gasteiger partial charge in [0, 0.05) is 10.6 Å². The number of alkyl halides is 3. The van der Waals surface area contributed by atoms with Crippen LogP contribution in [0.5, 0.6) is 11.5 Å². The van der Waals surface area contributed by atoms with Gasteiger partial charge in [0.15, 0.2) is 0 Å². The van der Waals surface area contributed by atoms with Crippen molar-refractivity contribution in [1.82, 2.24) is 0 Å². The van der Waals surface area contributed by atoms with Gasteiger partial charge in [-0.05, 0) is 66.9 Å². The van der Waals surface area contributed by atoms with Crippen LogP contribution in [-0.2, 0) is 27.1 Å². The Balaban J connectivity index is 0.00000153. The van der Waals surface area contributed by atoms with Crippen molar-refractivity contribution in [3.63, 3.8) is 0 Å². The standard InChI is InChI=1S/C27H29F3O3S.CO2/c1-3-15-31-26-14-13-25(16-20(26)2)34-19-24(32-17-21-7-5-4-6-8-21)18-33-23-11-9-22(10-12-23)27(28,29)30;2-1-3/h4-14,16,24H,3,15,17-19H2,1-2H3;. The Kier molecular flexibility index (Phi) is 12.8. The van der Waals surface area contributed by atoms with Crippen molar-refractivity contribution in [2.45, 2.75) is 44.1 Å². The van der Waals surface area contributed by atoms with Crippen molar-refractivity contribution in [3.8, 4) is 11.5 Å². The first-order chi connectivity index (χ1) is 17.8. The summed E-state index contributed by atoms with van der Waals surface area (Å²) in [4.78, 5) is 17.3. The number of thioether (sulfide) groups is 1. The third kappa shape index (κ3) is 11.1. The Bertz CT molecular complexity index is 1100. The first-order valence-electron chi connectivity index (χ1n) is 11.6. The van der Waals surface area contributed by atoms with E-state index in [1.54, 1.807) is 11.8 Å². The SMILES string of the molecule is CCCOc1ccc(SCC(COc2ccc(C(F)(F)F)cc2)OCc2ccccc2)cc1C.O=C=O. The van der Waals surface area contributed by atoms with Gasteiger partial charge in [-0.1, -0.05) is 37.3 Å². The van der Waals surface area contributed by atoms with Crippen molar-refractivity contribution in [2.75, 3.05) is 19.0 Å². The van der Waals surface area contributed by atoms with Crippen LogP contribution in [-0.4, -0.2) is 31.2 Å². The topological polar surface area (TPSA) is 61.8 Å². The maximum absolute atomic E-state index is 12.8. The predicted octanol–water partition coefficient (Wildman–Crippen LogP) is 6.98. The largest absolute Gasteiger partial charge is 0.493 e. The van der Waals surface area contributed by atoms with Crippen LogP contribution in [0, 0.1) is 6.92 Å². The summed E-state index contributed by atoms with van der Waals surface area (Å²) in [5.41, 5.74) is 1.41. The molecule has 0 amide bonds. The molecule has 1 unspecified atom stereocenters. The Morgan fingerprint density at radius 2 is 1.62 bits per heavy atom. The smallest absolute Gasteiger partial charge is 0.416 e. The summed E-state index contributed by atoms with van der Waals surface area (Å²) in [6, 6.07) is 20.6. The molecule has 0 aliphatic rings. The summed E-state index contributed by atoms with van der Waals surface area (Å²) in [5.74, 6) is 1.88. The van der Waals surface area contributed by atoms with Crippen LogP contribution in [0.1, 0.15) is 30.0 Å². The lowest BCUT2D eigenvalue weighted by atomic mass is 10.2. The molecule has 3 aromatic rings. The third-order valence-electron chi connectivity index (χ3n) is 4.99. The van der Waals surface area contributed by atoms with Gasteiger partial charge in [0.25, 0.3) is 0 Å². The summed E-state index contributed by atoms with van der Waals surface area (Å²) in [6.45, 7) is 5.42. The number of carbonyl (C=O) groups excluding carboxylic acids is 2. The lowest BCUT2D eigenvalue weighted by molar-refractivity contribution is -0.191. The first-order valence-corrected chi connectivity index (χ1v) is 12.6. The predicted molar refractivity (Wildman–Crippen MR) is 135 cm³/mol. The lowest BCUT2D eigenvalue weighted by Gasteiger charge is -2.19. The number of halogens is 3. The van der Waals surface area contributed by atoms with Gasteiger partial charge in [0.05, 0.1) is 18.8 Å². The van der Waals surface area contributed by atoms with E-state index >= 15 is 0 Å². The summed E-state index contributed by atoms with van der Waals surface area (Å²) in [6.07, 6.45) is -3.43. The summed E-state index contributed by atoms with van der Waals surface area (Å²) < 4.78 is 56.0. The highest BCUT2D eigenvalue weighted by molar-refractivity contribution is 7.99. The van der Waals surface area contributed by atoms with Crippen LogP contribution >= 0.6 is 11.8 Å². The summed E-state index contributed by atoms with van der Waals surface area (Å²) in [7, 11) is 0. The monoisotopic (exact) mass is 534 g/mol. The minimum Gasteiger partial charge on any atom is -0.493 e. The number of hydrogen-bond acceptors (Lipinski definition) is 6. The molecular weight excluding hydrogens is 505 g/mol. The van der Waals surface area contributed by atoms with Crippen molar-refractivity contribution >= 4 is 17.9 Å². The molecule has 0 N–H and O–H groups in total. The quantitative estimate of drug-likeness (QED) is 0.234. The van der Waals surface area contributed by atoms with Crippen LogP contribution in [0.25, 0.3) is 0 Å². The molecule has 198 valence electrons. The third-order valence-corrected chi connectivity index (χ3v) is 6.12. The molecule has 5 nitrogen and oxygen atoms in total. The maximum Gasteiger partial charge on any atom is 0.416 e. The zero-order valence-corrected chi connectivity index (χ0v) is 21.4. The highest BCUT2D eigenvalue weighted by Gasteiger charge is 2.30. The van der Waals surface area contributed by atoms with Crippen LogP contribution in [0.4, 0.5) is 13.2 Å². The van der Waals surface area contributed by atoms with E-state index in [0.29, 0.717) is 24.7 Å². The number of aryl methyl sites for hydroxylation is 1. The van der Waals surface area contributed by atoms with Gasteiger partial charge in [-0.3, -0.25) is 0 Å². The van der Waals surface area contributed by atoms with Gasteiger partial charge in [-0.15, -0.1) is 11.8 Å². The fraction of sp³-hybridized carbons (Fsp3) is 0.321. The molecule has 9 heteroatoms. The lowest BCUT2D eigenvalue weighted by Crippen LogP contribution is -2.24. The Hall–Kier alpha value is -3.26. The summed E-state index contributed by atoms with van der Waals surface area (Å²) >= 11 is 1.64. The number of ether oxygens (including phenoxy) is 3. The van der Waals surface area contributed by atoms with E-state index in [9.17, 15) is 13.2 Å². The van der Waals surface area contributed by atoms with Crippen LogP contribution in [0.15, 0.2) is 77.7 Å². The molecule has 0 aliphatic carbocycles. The maximum atomic E-state index is 12.8. The van der Waals surface area contributed by atoms with E-state index < -0.39 is 11.7 Å². The van der Waals surface area contributed by atoms with E-state index in [-0.39, 0.29) is 18.9 Å². The molecule has 0 radical (unpaired) electrons. The molecule has 0 aromatic heterocycles. The molecule has 1 atom stereocenters. The van der Waals surface area contributed by atoms with Crippen molar-refractivity contribution in [2.24, 2.45) is 0 Å².